The van der Waals surface area contributed by atoms with Gasteiger partial charge in [0.25, 0.3) is 0 Å². The molecule has 0 aromatic heterocycles. The molecule has 0 bridgehead atoms. The monoisotopic (exact) mass is 327 g/mol. The third kappa shape index (κ3) is 4.28. The molecule has 3 nitrogen and oxygen atoms in total. The molecule has 0 saturated carbocycles. The summed E-state index contributed by atoms with van der Waals surface area (Å²) in [5.41, 5.74) is 1.14. The normalized spacial score (nSPS) is 22.7. The first-order valence-electron chi connectivity index (χ1n) is 6.84. The molecular formula is C15H22BrNO2. The highest BCUT2D eigenvalue weighted by Crippen LogP contribution is 2.17. The highest BCUT2D eigenvalue weighted by molar-refractivity contribution is 9.10. The number of nitrogens with zero attached hydrogens (tertiary/aromatic N) is 1. The maximum atomic E-state index is 10.3. The Bertz CT molecular complexity index is 394. The van der Waals surface area contributed by atoms with Crippen LogP contribution in [0.5, 0.6) is 0 Å². The van der Waals surface area contributed by atoms with E-state index in [-0.39, 0.29) is 6.10 Å². The maximum absolute atomic E-state index is 10.3. The minimum Gasteiger partial charge on any atom is -0.390 e. The molecule has 1 aromatic rings. The molecule has 106 valence electrons. The zero-order chi connectivity index (χ0) is 13.8. The van der Waals surface area contributed by atoms with Crippen LogP contribution in [0, 0.1) is 0 Å². The Morgan fingerprint density at radius 2 is 2.05 bits per heavy atom. The second-order valence-corrected chi connectivity index (χ2v) is 6.31. The van der Waals surface area contributed by atoms with Gasteiger partial charge in [0.05, 0.1) is 18.8 Å². The molecular weight excluding hydrogens is 306 g/mol. The summed E-state index contributed by atoms with van der Waals surface area (Å²) >= 11 is 3.42. The van der Waals surface area contributed by atoms with Crippen molar-refractivity contribution in [3.8, 4) is 0 Å². The molecule has 1 aliphatic heterocycles. The van der Waals surface area contributed by atoms with E-state index in [1.54, 1.807) is 0 Å². The smallest absolute Gasteiger partial charge is 0.0964 e. The highest BCUT2D eigenvalue weighted by Gasteiger charge is 2.27. The Kier molecular flexibility index (Phi) is 5.39. The molecule has 1 aliphatic rings. The summed E-state index contributed by atoms with van der Waals surface area (Å²) in [6, 6.07) is 8.59. The molecule has 0 aliphatic carbocycles. The molecule has 0 radical (unpaired) electrons. The molecule has 2 atom stereocenters. The predicted molar refractivity (Wildman–Crippen MR) is 80.3 cm³/mol. The van der Waals surface area contributed by atoms with E-state index in [0.717, 1.165) is 23.1 Å². The second kappa shape index (κ2) is 6.84. The van der Waals surface area contributed by atoms with Gasteiger partial charge in [-0.25, -0.2) is 0 Å². The van der Waals surface area contributed by atoms with Gasteiger partial charge in [-0.05, 0) is 31.5 Å². The Balaban J connectivity index is 1.92. The fraction of sp³-hybridized carbons (Fsp3) is 0.600. The van der Waals surface area contributed by atoms with Crippen LogP contribution < -0.4 is 0 Å². The van der Waals surface area contributed by atoms with Gasteiger partial charge in [0.2, 0.25) is 0 Å². The van der Waals surface area contributed by atoms with E-state index >= 15 is 0 Å². The lowest BCUT2D eigenvalue weighted by atomic mass is 10.0. The summed E-state index contributed by atoms with van der Waals surface area (Å²) in [4.78, 5) is 2.36. The molecule has 4 heteroatoms. The van der Waals surface area contributed by atoms with Crippen molar-refractivity contribution in [2.45, 2.75) is 38.5 Å². The van der Waals surface area contributed by atoms with Crippen LogP contribution in [0.2, 0.25) is 0 Å². The average molecular weight is 328 g/mol. The Morgan fingerprint density at radius 3 is 2.68 bits per heavy atom. The number of aliphatic hydroxyl groups excluding tert-OH is 1. The highest BCUT2D eigenvalue weighted by atomic mass is 79.9. The fourth-order valence-electron chi connectivity index (χ4n) is 2.39. The molecule has 1 fully saturated rings. The van der Waals surface area contributed by atoms with Gasteiger partial charge in [0, 0.05) is 30.0 Å². The molecule has 0 amide bonds. The van der Waals surface area contributed by atoms with E-state index in [2.05, 4.69) is 34.7 Å². The van der Waals surface area contributed by atoms with Crippen molar-refractivity contribution in [2.75, 3.05) is 19.7 Å². The number of halogens is 1. The van der Waals surface area contributed by atoms with Crippen molar-refractivity contribution in [1.29, 1.82) is 0 Å². The van der Waals surface area contributed by atoms with E-state index in [4.69, 9.17) is 4.74 Å². The van der Waals surface area contributed by atoms with Crippen LogP contribution >= 0.6 is 15.9 Å². The van der Waals surface area contributed by atoms with Gasteiger partial charge in [0.15, 0.2) is 0 Å². The van der Waals surface area contributed by atoms with Gasteiger partial charge in [-0.2, -0.15) is 0 Å². The number of ether oxygens (including phenoxy) is 1. The van der Waals surface area contributed by atoms with Gasteiger partial charge < -0.3 is 9.84 Å². The van der Waals surface area contributed by atoms with Crippen molar-refractivity contribution >= 4 is 15.9 Å². The number of hydrogen-bond acceptors (Lipinski definition) is 3. The van der Waals surface area contributed by atoms with Crippen molar-refractivity contribution in [3.63, 3.8) is 0 Å². The van der Waals surface area contributed by atoms with E-state index in [9.17, 15) is 5.11 Å². The number of rotatable bonds is 4. The third-order valence-corrected chi connectivity index (χ3v) is 4.17. The SMILES string of the molecule is CC(C)N1CCOC(C(O)Cc2ccc(Br)cc2)C1. The van der Waals surface area contributed by atoms with E-state index < -0.39 is 6.10 Å². The lowest BCUT2D eigenvalue weighted by Gasteiger charge is -2.37. The quantitative estimate of drug-likeness (QED) is 0.922. The van der Waals surface area contributed by atoms with Crippen LogP contribution in [0.15, 0.2) is 28.7 Å². The average Bonchev–Trinajstić information content (AvgIpc) is 2.41. The Morgan fingerprint density at radius 1 is 1.37 bits per heavy atom. The lowest BCUT2D eigenvalue weighted by Crippen LogP contribution is -2.50. The van der Waals surface area contributed by atoms with E-state index in [0.29, 0.717) is 19.1 Å². The summed E-state index contributed by atoms with van der Waals surface area (Å²) in [6.45, 7) is 6.85. The summed E-state index contributed by atoms with van der Waals surface area (Å²) in [5, 5.41) is 10.3. The molecule has 1 N–H and O–H groups in total. The van der Waals surface area contributed by atoms with E-state index in [1.165, 1.54) is 0 Å². The molecule has 2 unspecified atom stereocenters. The van der Waals surface area contributed by atoms with Gasteiger partial charge >= 0.3 is 0 Å². The van der Waals surface area contributed by atoms with Crippen molar-refractivity contribution in [3.05, 3.63) is 34.3 Å². The van der Waals surface area contributed by atoms with Crippen molar-refractivity contribution in [1.82, 2.24) is 4.90 Å². The largest absolute Gasteiger partial charge is 0.390 e. The topological polar surface area (TPSA) is 32.7 Å². The number of benzene rings is 1. The molecule has 2 rings (SSSR count). The van der Waals surface area contributed by atoms with Crippen LogP contribution in [0.1, 0.15) is 19.4 Å². The van der Waals surface area contributed by atoms with Crippen LogP contribution in [-0.2, 0) is 11.2 Å². The standard InChI is InChI=1S/C15H22BrNO2/c1-11(2)17-7-8-19-15(10-17)14(18)9-12-3-5-13(16)6-4-12/h3-6,11,14-15,18H,7-10H2,1-2H3. The first-order valence-corrected chi connectivity index (χ1v) is 7.63. The van der Waals surface area contributed by atoms with Gasteiger partial charge in [-0.1, -0.05) is 28.1 Å². The Hall–Kier alpha value is -0.420. The summed E-state index contributed by atoms with van der Waals surface area (Å²) in [5.74, 6) is 0. The first kappa shape index (κ1) is 15.0. The number of hydrogen-bond donors (Lipinski definition) is 1. The van der Waals surface area contributed by atoms with Gasteiger partial charge in [0.1, 0.15) is 0 Å². The Labute approximate surface area is 123 Å². The zero-order valence-electron chi connectivity index (χ0n) is 11.6. The summed E-state index contributed by atoms with van der Waals surface area (Å²) in [7, 11) is 0. The van der Waals surface area contributed by atoms with Crippen LogP contribution in [0.3, 0.4) is 0 Å². The van der Waals surface area contributed by atoms with Crippen molar-refractivity contribution in [2.24, 2.45) is 0 Å². The minimum atomic E-state index is -0.442. The molecule has 19 heavy (non-hydrogen) atoms. The van der Waals surface area contributed by atoms with E-state index in [1.807, 2.05) is 24.3 Å². The molecule has 0 spiro atoms. The number of aliphatic hydroxyl groups is 1. The summed E-state index contributed by atoms with van der Waals surface area (Å²) in [6.07, 6.45) is 0.117. The second-order valence-electron chi connectivity index (χ2n) is 5.40. The maximum Gasteiger partial charge on any atom is 0.0964 e. The molecule has 1 aromatic carbocycles. The fourth-order valence-corrected chi connectivity index (χ4v) is 2.66. The minimum absolute atomic E-state index is 0.0835. The molecule has 1 heterocycles. The summed E-state index contributed by atoms with van der Waals surface area (Å²) < 4.78 is 6.78. The predicted octanol–water partition coefficient (Wildman–Crippen LogP) is 2.46. The van der Waals surface area contributed by atoms with Crippen LogP contribution in [0.25, 0.3) is 0 Å². The lowest BCUT2D eigenvalue weighted by molar-refractivity contribution is -0.0940. The number of morpholine rings is 1. The van der Waals surface area contributed by atoms with Gasteiger partial charge in [-0.3, -0.25) is 4.90 Å². The third-order valence-electron chi connectivity index (χ3n) is 3.64. The van der Waals surface area contributed by atoms with Crippen molar-refractivity contribution < 1.29 is 9.84 Å². The first-order chi connectivity index (χ1) is 9.06. The van der Waals surface area contributed by atoms with Gasteiger partial charge in [-0.15, -0.1) is 0 Å². The van der Waals surface area contributed by atoms with Crippen LogP contribution in [0.4, 0.5) is 0 Å². The zero-order valence-corrected chi connectivity index (χ0v) is 13.1. The molecule has 1 saturated heterocycles. The van der Waals surface area contributed by atoms with Crippen LogP contribution in [-0.4, -0.2) is 48.0 Å².